The number of allylic oxidation sites excluding steroid dienone is 2. The summed E-state index contributed by atoms with van der Waals surface area (Å²) >= 11 is 0. The lowest BCUT2D eigenvalue weighted by Gasteiger charge is -2.44. The van der Waals surface area contributed by atoms with E-state index in [1.807, 2.05) is 0 Å². The van der Waals surface area contributed by atoms with Crippen molar-refractivity contribution < 1.29 is 40.8 Å². The molecule has 0 aliphatic heterocycles. The second-order valence-corrected chi connectivity index (χ2v) is 14.1. The minimum atomic E-state index is -4.45. The predicted molar refractivity (Wildman–Crippen MR) is 119 cm³/mol. The van der Waals surface area contributed by atoms with E-state index in [2.05, 4.69) is 0 Å². The molecular weight excluding hydrogens is 453 g/mol. The van der Waals surface area contributed by atoms with Gasteiger partial charge in [-0.2, -0.15) is 0 Å². The van der Waals surface area contributed by atoms with E-state index in [0.717, 1.165) is 5.57 Å². The van der Waals surface area contributed by atoms with Crippen molar-refractivity contribution in [2.45, 2.75) is 66.4 Å². The second-order valence-electron chi connectivity index (χ2n) is 6.26. The van der Waals surface area contributed by atoms with Gasteiger partial charge in [-0.1, -0.05) is 11.6 Å². The van der Waals surface area contributed by atoms with Crippen LogP contribution in [0.4, 0.5) is 0 Å². The highest BCUT2D eigenvalue weighted by Gasteiger charge is 2.76. The van der Waals surface area contributed by atoms with Crippen molar-refractivity contribution in [1.82, 2.24) is 0 Å². The molecule has 0 bridgehead atoms. The number of rotatable bonds is 17. The van der Waals surface area contributed by atoms with Crippen LogP contribution in [0.5, 0.6) is 0 Å². The molecular formula is C18H39O9P3. The highest BCUT2D eigenvalue weighted by Crippen LogP contribution is 2.92. The molecule has 0 radical (unpaired) electrons. The Kier molecular flexibility index (Phi) is 13.8. The monoisotopic (exact) mass is 492 g/mol. The van der Waals surface area contributed by atoms with Gasteiger partial charge in [-0.25, -0.2) is 0 Å². The molecule has 0 aromatic carbocycles. The third kappa shape index (κ3) is 6.37. The first-order chi connectivity index (χ1) is 14.0. The molecule has 180 valence electrons. The van der Waals surface area contributed by atoms with Crippen LogP contribution in [0.25, 0.3) is 0 Å². The number of hydrogen-bond acceptors (Lipinski definition) is 9. The van der Waals surface area contributed by atoms with Crippen molar-refractivity contribution in [3.05, 3.63) is 11.6 Å². The zero-order valence-corrected chi connectivity index (χ0v) is 22.2. The Morgan fingerprint density at radius 2 is 0.833 bits per heavy atom. The van der Waals surface area contributed by atoms with Crippen LogP contribution < -0.4 is 0 Å². The maximum Gasteiger partial charge on any atom is 0.361 e. The molecule has 0 saturated carbocycles. The van der Waals surface area contributed by atoms with Crippen molar-refractivity contribution in [1.29, 1.82) is 0 Å². The molecule has 0 fully saturated rings. The fourth-order valence-electron chi connectivity index (χ4n) is 2.88. The van der Waals surface area contributed by atoms with Crippen LogP contribution in [-0.4, -0.2) is 44.3 Å². The van der Waals surface area contributed by atoms with Crippen LogP contribution >= 0.6 is 22.8 Å². The van der Waals surface area contributed by atoms with Crippen LogP contribution in [0.1, 0.15) is 61.8 Å². The van der Waals surface area contributed by atoms with E-state index in [-0.39, 0.29) is 46.1 Å². The summed E-state index contributed by atoms with van der Waals surface area (Å²) in [4.78, 5) is 0. The van der Waals surface area contributed by atoms with E-state index in [4.69, 9.17) is 27.1 Å². The Bertz CT molecular complexity index is 570. The van der Waals surface area contributed by atoms with Crippen molar-refractivity contribution >= 4 is 22.8 Å². The molecule has 0 unspecified atom stereocenters. The van der Waals surface area contributed by atoms with Crippen LogP contribution in [-0.2, 0) is 40.8 Å². The third-order valence-electron chi connectivity index (χ3n) is 3.89. The van der Waals surface area contributed by atoms with E-state index in [0.29, 0.717) is 0 Å². The molecule has 0 aromatic rings. The van der Waals surface area contributed by atoms with Gasteiger partial charge in [-0.15, -0.1) is 0 Å². The fourth-order valence-corrected chi connectivity index (χ4v) is 13.0. The number of hydrogen-bond donors (Lipinski definition) is 0. The fraction of sp³-hybridized carbons (Fsp3) is 0.889. The lowest BCUT2D eigenvalue weighted by atomic mass is 10.3. The first kappa shape index (κ1) is 30.2. The van der Waals surface area contributed by atoms with Crippen LogP contribution in [0.3, 0.4) is 0 Å². The first-order valence-electron chi connectivity index (χ1n) is 10.3. The zero-order chi connectivity index (χ0) is 23.5. The van der Waals surface area contributed by atoms with Gasteiger partial charge < -0.3 is 27.1 Å². The third-order valence-corrected chi connectivity index (χ3v) is 15.1. The SMILES string of the molecule is CCOP(=O)(OCC)C(CC=C(C)C)(P(=O)(OCC)OCC)P(=O)(OCC)OCC. The molecule has 12 heteroatoms. The molecule has 0 amide bonds. The summed E-state index contributed by atoms with van der Waals surface area (Å²) in [5, 5.41) is 0. The van der Waals surface area contributed by atoms with E-state index in [1.54, 1.807) is 61.5 Å². The lowest BCUT2D eigenvalue weighted by Crippen LogP contribution is -2.35. The summed E-state index contributed by atoms with van der Waals surface area (Å²) in [5.41, 5.74) is 0.804. The summed E-state index contributed by atoms with van der Waals surface area (Å²) in [6, 6.07) is 0. The molecule has 0 saturated heterocycles. The van der Waals surface area contributed by atoms with Gasteiger partial charge in [0.15, 0.2) is 0 Å². The molecule has 30 heavy (non-hydrogen) atoms. The van der Waals surface area contributed by atoms with Gasteiger partial charge in [0, 0.05) is 6.42 Å². The molecule has 0 atom stereocenters. The summed E-state index contributed by atoms with van der Waals surface area (Å²) < 4.78 is 74.1. The average Bonchev–Trinajstić information content (AvgIpc) is 2.62. The van der Waals surface area contributed by atoms with Gasteiger partial charge in [0.1, 0.15) is 0 Å². The van der Waals surface area contributed by atoms with Crippen molar-refractivity contribution in [2.24, 2.45) is 0 Å². The molecule has 0 rings (SSSR count). The Morgan fingerprint density at radius 3 is 1.00 bits per heavy atom. The largest absolute Gasteiger partial charge is 0.361 e. The van der Waals surface area contributed by atoms with Crippen molar-refractivity contribution in [2.75, 3.05) is 39.6 Å². The Hall–Kier alpha value is 0.190. The Balaban J connectivity index is 7.57. The van der Waals surface area contributed by atoms with Gasteiger partial charge in [-0.3, -0.25) is 13.7 Å². The zero-order valence-electron chi connectivity index (χ0n) is 19.5. The van der Waals surface area contributed by atoms with Crippen molar-refractivity contribution in [3.63, 3.8) is 0 Å². The molecule has 9 nitrogen and oxygen atoms in total. The van der Waals surface area contributed by atoms with Gasteiger partial charge in [0.25, 0.3) is 4.64 Å². The molecule has 0 aliphatic rings. The Labute approximate surface area is 181 Å². The smallest absolute Gasteiger partial charge is 0.308 e. The lowest BCUT2D eigenvalue weighted by molar-refractivity contribution is 0.167. The molecule has 0 N–H and O–H groups in total. The quantitative estimate of drug-likeness (QED) is 0.160. The van der Waals surface area contributed by atoms with Crippen LogP contribution in [0.15, 0.2) is 11.6 Å². The Morgan fingerprint density at radius 1 is 0.600 bits per heavy atom. The van der Waals surface area contributed by atoms with Crippen LogP contribution in [0.2, 0.25) is 0 Å². The van der Waals surface area contributed by atoms with E-state index in [1.165, 1.54) is 0 Å². The molecule has 0 heterocycles. The summed E-state index contributed by atoms with van der Waals surface area (Å²) in [5.74, 6) is 0. The van der Waals surface area contributed by atoms with E-state index >= 15 is 0 Å². The first-order valence-corrected chi connectivity index (χ1v) is 15.0. The van der Waals surface area contributed by atoms with Gasteiger partial charge >= 0.3 is 22.8 Å². The van der Waals surface area contributed by atoms with Crippen molar-refractivity contribution in [3.8, 4) is 0 Å². The maximum absolute atomic E-state index is 14.3. The highest BCUT2D eigenvalue weighted by molar-refractivity contribution is 7.90. The van der Waals surface area contributed by atoms with Crippen LogP contribution in [0, 0.1) is 0 Å². The van der Waals surface area contributed by atoms with Gasteiger partial charge in [0.05, 0.1) is 39.6 Å². The topological polar surface area (TPSA) is 107 Å². The summed E-state index contributed by atoms with van der Waals surface area (Å²) in [7, 11) is -13.3. The minimum Gasteiger partial charge on any atom is -0.308 e. The van der Waals surface area contributed by atoms with E-state index in [9.17, 15) is 13.7 Å². The highest BCUT2D eigenvalue weighted by atomic mass is 31.3. The summed E-state index contributed by atoms with van der Waals surface area (Å²) in [6.45, 7) is 12.9. The molecule has 0 aliphatic carbocycles. The normalized spacial score (nSPS) is 13.5. The minimum absolute atomic E-state index is 0.0512. The molecule has 0 aromatic heterocycles. The van der Waals surface area contributed by atoms with E-state index < -0.39 is 27.4 Å². The predicted octanol–water partition coefficient (Wildman–Crippen LogP) is 6.79. The van der Waals surface area contributed by atoms with Gasteiger partial charge in [0.2, 0.25) is 0 Å². The second kappa shape index (κ2) is 13.7. The standard InChI is InChI=1S/C18H39O9P3/c1-9-22-28(19,23-10-2)18(16-15-17(7)8,29(20,24-11-3)25-12-4)30(21,26-13-5)27-14-6/h15H,9-14,16H2,1-8H3. The average molecular weight is 492 g/mol. The van der Waals surface area contributed by atoms with Gasteiger partial charge in [-0.05, 0) is 55.4 Å². The summed E-state index contributed by atoms with van der Waals surface area (Å²) in [6.07, 6.45) is 1.36. The molecule has 0 spiro atoms. The maximum atomic E-state index is 14.3.